The van der Waals surface area contributed by atoms with Gasteiger partial charge in [-0.25, -0.2) is 8.42 Å². The fourth-order valence-electron chi connectivity index (χ4n) is 4.38. The van der Waals surface area contributed by atoms with E-state index in [0.717, 1.165) is 19.5 Å². The number of morpholine rings is 1. The fraction of sp³-hybridized carbons (Fsp3) is 0.696. The van der Waals surface area contributed by atoms with Gasteiger partial charge in [-0.3, -0.25) is 9.69 Å². The molecule has 1 amide bonds. The number of hydrogen-bond donors (Lipinski definition) is 1. The molecule has 0 saturated carbocycles. The normalized spacial score (nSPS) is 20.8. The van der Waals surface area contributed by atoms with Gasteiger partial charge in [-0.15, -0.1) is 0 Å². The molecule has 0 aromatic heterocycles. The largest absolute Gasteiger partial charge is 0.495 e. The van der Waals surface area contributed by atoms with Gasteiger partial charge in [0, 0.05) is 25.7 Å². The van der Waals surface area contributed by atoms with Gasteiger partial charge in [-0.05, 0) is 50.0 Å². The molecule has 0 radical (unpaired) electrons. The average Bonchev–Trinajstić information content (AvgIpc) is 2.82. The molecule has 2 aliphatic heterocycles. The van der Waals surface area contributed by atoms with Crippen molar-refractivity contribution in [3.63, 3.8) is 0 Å². The van der Waals surface area contributed by atoms with Crippen LogP contribution in [0.2, 0.25) is 0 Å². The molecule has 2 fully saturated rings. The Bertz CT molecular complexity index is 855. The van der Waals surface area contributed by atoms with E-state index in [2.05, 4.69) is 17.1 Å². The highest BCUT2D eigenvalue weighted by molar-refractivity contribution is 7.89. The number of ether oxygens (including phenoxy) is 2. The lowest BCUT2D eigenvalue weighted by Gasteiger charge is -2.35. The third kappa shape index (κ3) is 6.43. The highest BCUT2D eigenvalue weighted by atomic mass is 32.2. The quantitative estimate of drug-likeness (QED) is 0.567. The summed E-state index contributed by atoms with van der Waals surface area (Å²) in [5.41, 5.74) is 0.654. The Kier molecular flexibility index (Phi) is 9.34. The van der Waals surface area contributed by atoms with Crippen molar-refractivity contribution in [2.24, 2.45) is 0 Å². The van der Waals surface area contributed by atoms with Crippen LogP contribution >= 0.6 is 0 Å². The molecule has 8 nitrogen and oxygen atoms in total. The average molecular weight is 468 g/mol. The maximum Gasteiger partial charge on any atom is 0.246 e. The van der Waals surface area contributed by atoms with Crippen molar-refractivity contribution in [3.05, 3.63) is 23.8 Å². The maximum atomic E-state index is 13.1. The van der Waals surface area contributed by atoms with Crippen molar-refractivity contribution in [2.45, 2.75) is 56.4 Å². The minimum Gasteiger partial charge on any atom is -0.495 e. The molecule has 1 atom stereocenters. The summed E-state index contributed by atoms with van der Waals surface area (Å²) in [6, 6.07) is 5.33. The Morgan fingerprint density at radius 1 is 1.22 bits per heavy atom. The van der Waals surface area contributed by atoms with Crippen LogP contribution in [0.25, 0.3) is 0 Å². The number of methoxy groups -OCH3 is 1. The highest BCUT2D eigenvalue weighted by Crippen LogP contribution is 2.28. The first-order chi connectivity index (χ1) is 15.5. The molecule has 3 rings (SSSR count). The van der Waals surface area contributed by atoms with E-state index in [1.54, 1.807) is 18.2 Å². The number of likely N-dealkylation sites (tertiary alicyclic amines) is 1. The molecule has 0 spiro atoms. The number of nitrogens with one attached hydrogen (secondary N) is 1. The van der Waals surface area contributed by atoms with Crippen molar-refractivity contribution < 1.29 is 22.7 Å². The lowest BCUT2D eigenvalue weighted by atomic mass is 10.0. The molecule has 1 unspecified atom stereocenters. The van der Waals surface area contributed by atoms with Gasteiger partial charge in [0.25, 0.3) is 0 Å². The van der Waals surface area contributed by atoms with E-state index in [0.29, 0.717) is 44.5 Å². The summed E-state index contributed by atoms with van der Waals surface area (Å²) in [7, 11) is -2.27. The number of piperidine rings is 1. The summed E-state index contributed by atoms with van der Waals surface area (Å²) in [5.74, 6) is 0.195. The first-order valence-corrected chi connectivity index (χ1v) is 13.1. The molecular weight excluding hydrogens is 430 g/mol. The number of hydrogen-bond acceptors (Lipinski definition) is 6. The standard InChI is InChI=1S/C23H37N3O5S/c1-3-4-10-25-11-6-5-7-20(25)18-24-23(27)17-19-8-9-21(30-2)22(16-19)32(28,29)26-12-14-31-15-13-26/h8-9,16,20H,3-7,10-15,17-18H2,1-2H3,(H,24,27). The lowest BCUT2D eigenvalue weighted by Crippen LogP contribution is -2.47. The second-order valence-corrected chi connectivity index (χ2v) is 10.4. The number of nitrogens with zero attached hydrogens (tertiary/aromatic N) is 2. The van der Waals surface area contributed by atoms with Crippen molar-refractivity contribution >= 4 is 15.9 Å². The first kappa shape index (κ1) is 25.0. The molecular formula is C23H37N3O5S. The molecule has 32 heavy (non-hydrogen) atoms. The third-order valence-corrected chi connectivity index (χ3v) is 8.18. The molecule has 2 saturated heterocycles. The number of carbonyl (C=O) groups is 1. The Morgan fingerprint density at radius 2 is 2.00 bits per heavy atom. The zero-order valence-electron chi connectivity index (χ0n) is 19.3. The molecule has 9 heteroatoms. The molecule has 2 heterocycles. The van der Waals surface area contributed by atoms with Gasteiger partial charge in [0.1, 0.15) is 10.6 Å². The molecule has 0 aliphatic carbocycles. The van der Waals surface area contributed by atoms with Gasteiger partial charge in [0.05, 0.1) is 26.7 Å². The van der Waals surface area contributed by atoms with Gasteiger partial charge in [0.2, 0.25) is 15.9 Å². The summed E-state index contributed by atoms with van der Waals surface area (Å²) in [5, 5.41) is 3.07. The van der Waals surface area contributed by atoms with Crippen LogP contribution in [0.1, 0.15) is 44.6 Å². The summed E-state index contributed by atoms with van der Waals surface area (Å²) < 4.78 is 38.3. The number of benzene rings is 1. The van der Waals surface area contributed by atoms with Crippen LogP contribution in [-0.4, -0.2) is 82.6 Å². The van der Waals surface area contributed by atoms with Crippen LogP contribution in [0.4, 0.5) is 0 Å². The number of unbranched alkanes of at least 4 members (excludes halogenated alkanes) is 1. The smallest absolute Gasteiger partial charge is 0.246 e. The second-order valence-electron chi connectivity index (χ2n) is 8.52. The van der Waals surface area contributed by atoms with Crippen LogP contribution in [0, 0.1) is 0 Å². The number of sulfonamides is 1. The van der Waals surface area contributed by atoms with E-state index in [9.17, 15) is 13.2 Å². The molecule has 180 valence electrons. The van der Waals surface area contributed by atoms with Gasteiger partial charge in [0.15, 0.2) is 0 Å². The van der Waals surface area contributed by atoms with Crippen LogP contribution in [0.5, 0.6) is 5.75 Å². The molecule has 0 bridgehead atoms. The molecule has 1 aromatic carbocycles. The third-order valence-electron chi connectivity index (χ3n) is 6.26. The zero-order chi connectivity index (χ0) is 23.0. The van der Waals surface area contributed by atoms with E-state index >= 15 is 0 Å². The Labute approximate surface area is 192 Å². The second kappa shape index (κ2) is 12.0. The monoisotopic (exact) mass is 467 g/mol. The first-order valence-electron chi connectivity index (χ1n) is 11.7. The SMILES string of the molecule is CCCCN1CCCCC1CNC(=O)Cc1ccc(OC)c(S(=O)(=O)N2CCOCC2)c1. The van der Waals surface area contributed by atoms with E-state index in [1.807, 2.05) is 0 Å². The topological polar surface area (TPSA) is 88.2 Å². The minimum absolute atomic E-state index is 0.0918. The molecule has 1 aromatic rings. The Balaban J connectivity index is 1.64. The van der Waals surface area contributed by atoms with Gasteiger partial charge >= 0.3 is 0 Å². The zero-order valence-corrected chi connectivity index (χ0v) is 20.2. The van der Waals surface area contributed by atoms with E-state index in [-0.39, 0.29) is 23.0 Å². The number of rotatable bonds is 10. The lowest BCUT2D eigenvalue weighted by molar-refractivity contribution is -0.120. The number of amides is 1. The van der Waals surface area contributed by atoms with Crippen LogP contribution in [0.3, 0.4) is 0 Å². The Hall–Kier alpha value is -1.68. The van der Waals surface area contributed by atoms with E-state index < -0.39 is 10.0 Å². The van der Waals surface area contributed by atoms with Gasteiger partial charge in [-0.2, -0.15) is 4.31 Å². The minimum atomic E-state index is -3.72. The summed E-state index contributed by atoms with van der Waals surface area (Å²) >= 11 is 0. The van der Waals surface area contributed by atoms with E-state index in [4.69, 9.17) is 9.47 Å². The fourth-order valence-corrected chi connectivity index (χ4v) is 6.00. The Morgan fingerprint density at radius 3 is 2.72 bits per heavy atom. The summed E-state index contributed by atoms with van der Waals surface area (Å²) in [6.45, 7) is 6.39. The van der Waals surface area contributed by atoms with Crippen LogP contribution < -0.4 is 10.1 Å². The van der Waals surface area contributed by atoms with Crippen molar-refractivity contribution in [2.75, 3.05) is 53.0 Å². The van der Waals surface area contributed by atoms with E-state index in [1.165, 1.54) is 37.1 Å². The summed E-state index contributed by atoms with van der Waals surface area (Å²) in [6.07, 6.45) is 6.01. The highest BCUT2D eigenvalue weighted by Gasteiger charge is 2.30. The van der Waals surface area contributed by atoms with Crippen molar-refractivity contribution in [3.8, 4) is 5.75 Å². The van der Waals surface area contributed by atoms with Crippen LogP contribution in [0.15, 0.2) is 23.1 Å². The predicted molar refractivity (Wildman–Crippen MR) is 123 cm³/mol. The maximum absolute atomic E-state index is 13.1. The van der Waals surface area contributed by atoms with Gasteiger partial charge in [-0.1, -0.05) is 25.8 Å². The number of carbonyl (C=O) groups excluding carboxylic acids is 1. The van der Waals surface area contributed by atoms with Gasteiger partial charge < -0.3 is 14.8 Å². The van der Waals surface area contributed by atoms with Crippen LogP contribution in [-0.2, 0) is 26.0 Å². The predicted octanol–water partition coefficient (Wildman–Crippen LogP) is 2.03. The molecule has 1 N–H and O–H groups in total. The summed E-state index contributed by atoms with van der Waals surface area (Å²) in [4.78, 5) is 15.3. The van der Waals surface area contributed by atoms with Crippen molar-refractivity contribution in [1.82, 2.24) is 14.5 Å². The molecule has 2 aliphatic rings. The van der Waals surface area contributed by atoms with Crippen molar-refractivity contribution in [1.29, 1.82) is 0 Å².